The Morgan fingerprint density at radius 1 is 0.976 bits per heavy atom. The fraction of sp³-hybridized carbons (Fsp3) is 0.280. The van der Waals surface area contributed by atoms with E-state index in [2.05, 4.69) is 0 Å². The third-order valence-electron chi connectivity index (χ3n) is 6.20. The summed E-state index contributed by atoms with van der Waals surface area (Å²) in [6.45, 7) is 1.90. The van der Waals surface area contributed by atoms with E-state index in [1.807, 2.05) is 13.8 Å². The number of hydrogen-bond acceptors (Lipinski definition) is 12. The molecule has 0 spiro atoms. The Balaban J connectivity index is 1.72. The molecule has 0 unspecified atom stereocenters. The zero-order valence-electron chi connectivity index (χ0n) is 21.8. The number of anilines is 1. The summed E-state index contributed by atoms with van der Waals surface area (Å²) in [5.41, 5.74) is 0.418. The predicted molar refractivity (Wildman–Crippen MR) is 158 cm³/mol. The summed E-state index contributed by atoms with van der Waals surface area (Å²) in [7, 11) is 0. The molecule has 1 fully saturated rings. The van der Waals surface area contributed by atoms with Crippen LogP contribution in [0.15, 0.2) is 32.9 Å². The standard InChI is InChI=1S/C25H21N3O10S4/c1-10(2)11(3-16-26(6-17(29)30)12-4-13-14(38-9-37-13)5-15(12)40-16)20-22(35)27(7-18(31)32)24(41-20)21-23(36)28(8-19(33)34)25(39)42-21/h3-5,10H,6-9H2,1-2H3,(H,29,30)(H,31,32)(H,33,34)/b16-3-,20-11-,24-21-. The number of nitrogens with zero attached hydrogens (tertiary/aromatic N) is 3. The van der Waals surface area contributed by atoms with Gasteiger partial charge in [0.1, 0.15) is 33.5 Å². The molecule has 17 heteroatoms. The first-order valence-corrected chi connectivity index (χ1v) is 15.0. The molecule has 4 heterocycles. The smallest absolute Gasteiger partial charge is 0.323 e. The number of carboxylic acid groups (broad SMARTS) is 3. The molecular formula is C25H21N3O10S4. The van der Waals surface area contributed by atoms with Gasteiger partial charge >= 0.3 is 17.9 Å². The number of ether oxygens (including phenoxy) is 2. The van der Waals surface area contributed by atoms with Crippen molar-refractivity contribution in [1.29, 1.82) is 0 Å². The lowest BCUT2D eigenvalue weighted by atomic mass is 10.0. The van der Waals surface area contributed by atoms with Gasteiger partial charge in [-0.15, -0.1) is 11.3 Å². The minimum absolute atomic E-state index is 0.0267. The Kier molecular flexibility index (Phi) is 8.10. The van der Waals surface area contributed by atoms with E-state index < -0.39 is 42.5 Å². The number of benzene rings is 1. The van der Waals surface area contributed by atoms with Crippen molar-refractivity contribution in [2.24, 2.45) is 5.92 Å². The highest BCUT2D eigenvalue weighted by Crippen LogP contribution is 2.51. The number of hydrogen-bond donors (Lipinski definition) is 3. The number of fused-ring (bicyclic) bond motifs is 2. The number of thiocarbonyl (C=S) groups is 1. The molecule has 42 heavy (non-hydrogen) atoms. The third-order valence-corrected chi connectivity index (χ3v) is 10.1. The van der Waals surface area contributed by atoms with Crippen molar-refractivity contribution in [2.75, 3.05) is 24.8 Å². The van der Waals surface area contributed by atoms with Crippen molar-refractivity contribution in [3.63, 3.8) is 0 Å². The Morgan fingerprint density at radius 3 is 2.21 bits per heavy atom. The van der Waals surface area contributed by atoms with Crippen molar-refractivity contribution in [3.8, 4) is 11.5 Å². The zero-order chi connectivity index (χ0) is 30.5. The fourth-order valence-electron chi connectivity index (χ4n) is 4.36. The number of thiazole rings is 1. The first kappa shape index (κ1) is 29.7. The highest BCUT2D eigenvalue weighted by atomic mass is 32.2. The van der Waals surface area contributed by atoms with Crippen LogP contribution in [-0.2, 0) is 25.7 Å². The molecule has 0 radical (unpaired) electrons. The lowest BCUT2D eigenvalue weighted by molar-refractivity contribution is -0.140. The van der Waals surface area contributed by atoms with Gasteiger partial charge in [0.2, 0.25) is 6.79 Å². The molecule has 220 valence electrons. The molecule has 3 aliphatic heterocycles. The average Bonchev–Trinajstić information content (AvgIpc) is 3.63. The van der Waals surface area contributed by atoms with E-state index in [0.717, 1.165) is 37.5 Å². The van der Waals surface area contributed by atoms with Gasteiger partial charge in [-0.05, 0) is 17.6 Å². The molecular weight excluding hydrogens is 631 g/mol. The molecule has 0 aliphatic carbocycles. The lowest BCUT2D eigenvalue weighted by Gasteiger charge is -2.19. The van der Waals surface area contributed by atoms with E-state index in [1.165, 1.54) is 11.8 Å². The van der Waals surface area contributed by atoms with E-state index in [1.54, 1.807) is 23.1 Å². The van der Waals surface area contributed by atoms with Crippen LogP contribution < -0.4 is 29.1 Å². The van der Waals surface area contributed by atoms with Gasteiger partial charge in [-0.1, -0.05) is 49.6 Å². The van der Waals surface area contributed by atoms with Gasteiger partial charge in [0.15, 0.2) is 11.5 Å². The maximum atomic E-state index is 13.7. The van der Waals surface area contributed by atoms with Crippen molar-refractivity contribution in [2.45, 2.75) is 25.3 Å². The Labute approximate surface area is 254 Å². The van der Waals surface area contributed by atoms with Gasteiger partial charge in [0.25, 0.3) is 11.5 Å². The molecule has 1 aromatic heterocycles. The van der Waals surface area contributed by atoms with E-state index in [4.69, 9.17) is 21.7 Å². The molecule has 0 atom stereocenters. The number of carbonyl (C=O) groups is 4. The number of aliphatic carboxylic acids is 3. The van der Waals surface area contributed by atoms with Gasteiger partial charge < -0.3 is 29.7 Å². The molecule has 0 bridgehead atoms. The van der Waals surface area contributed by atoms with Crippen molar-refractivity contribution >= 4 is 91.4 Å². The van der Waals surface area contributed by atoms with Crippen LogP contribution in [0.3, 0.4) is 0 Å². The summed E-state index contributed by atoms with van der Waals surface area (Å²) in [5.74, 6) is -3.72. The number of thioether (sulfide) groups is 2. The molecule has 13 nitrogen and oxygen atoms in total. The summed E-state index contributed by atoms with van der Waals surface area (Å²) in [4.78, 5) is 64.7. The van der Waals surface area contributed by atoms with Crippen LogP contribution in [0.4, 0.5) is 5.69 Å². The summed E-state index contributed by atoms with van der Waals surface area (Å²) >= 11 is 8.15. The maximum absolute atomic E-state index is 13.7. The van der Waals surface area contributed by atoms with E-state index in [9.17, 15) is 39.3 Å². The Hall–Kier alpha value is -3.80. The molecule has 3 aliphatic rings. The van der Waals surface area contributed by atoms with Crippen molar-refractivity contribution in [1.82, 2.24) is 9.47 Å². The number of amides is 1. The molecule has 5 rings (SSSR count). The maximum Gasteiger partial charge on any atom is 0.323 e. The second kappa shape index (κ2) is 11.5. The normalized spacial score (nSPS) is 18.8. The topological polar surface area (TPSA) is 176 Å². The predicted octanol–water partition coefficient (Wildman–Crippen LogP) is 1.12. The number of allylic oxidation sites excluding steroid dienone is 1. The summed E-state index contributed by atoms with van der Waals surface area (Å²) in [6.07, 6.45) is 1.68. The van der Waals surface area contributed by atoms with Crippen LogP contribution in [0.25, 0.3) is 10.5 Å². The highest BCUT2D eigenvalue weighted by Gasteiger charge is 2.36. The highest BCUT2D eigenvalue weighted by molar-refractivity contribution is 8.30. The minimum atomic E-state index is -1.32. The van der Waals surface area contributed by atoms with Crippen LogP contribution in [0.5, 0.6) is 11.5 Å². The van der Waals surface area contributed by atoms with Gasteiger partial charge in [0, 0.05) is 17.0 Å². The second-order valence-electron chi connectivity index (χ2n) is 9.35. The van der Waals surface area contributed by atoms with Crippen molar-refractivity contribution in [3.05, 3.63) is 42.8 Å². The van der Waals surface area contributed by atoms with Crippen LogP contribution >= 0.6 is 47.1 Å². The number of carbonyl (C=O) groups excluding carboxylic acids is 1. The van der Waals surface area contributed by atoms with Gasteiger partial charge in [-0.3, -0.25) is 33.4 Å². The third kappa shape index (κ3) is 5.51. The van der Waals surface area contributed by atoms with Crippen LogP contribution in [0.2, 0.25) is 0 Å². The van der Waals surface area contributed by atoms with Gasteiger partial charge in [-0.25, -0.2) is 0 Å². The fourth-order valence-corrected chi connectivity index (χ4v) is 8.20. The quantitative estimate of drug-likeness (QED) is 0.346. The Morgan fingerprint density at radius 2 is 1.60 bits per heavy atom. The molecule has 0 saturated carbocycles. The van der Waals surface area contributed by atoms with Crippen LogP contribution in [0.1, 0.15) is 13.8 Å². The second-order valence-corrected chi connectivity index (χ2v) is 13.1. The van der Waals surface area contributed by atoms with Gasteiger partial charge in [-0.2, -0.15) is 0 Å². The molecule has 1 saturated heterocycles. The summed E-state index contributed by atoms with van der Waals surface area (Å²) in [5, 5.41) is 28.9. The number of aromatic nitrogens is 1. The monoisotopic (exact) mass is 651 g/mol. The van der Waals surface area contributed by atoms with E-state index >= 15 is 0 Å². The van der Waals surface area contributed by atoms with Crippen LogP contribution in [-0.4, -0.2) is 72.8 Å². The summed E-state index contributed by atoms with van der Waals surface area (Å²) in [6, 6.07) is 3.44. The Bertz CT molecular complexity index is 1790. The SMILES string of the molecule is CC(C)C(/C=C1\Sc2cc3c(cc2N1CC(=O)O)OCO3)=c1\s/c(=C2\SC(=S)N(CC(=O)O)C2=O)n(CC(=O)O)c1=O. The van der Waals surface area contributed by atoms with Crippen molar-refractivity contribution < 1.29 is 44.0 Å². The molecule has 1 amide bonds. The lowest BCUT2D eigenvalue weighted by Crippen LogP contribution is -2.37. The molecule has 1 aromatic carbocycles. The minimum Gasteiger partial charge on any atom is -0.480 e. The summed E-state index contributed by atoms with van der Waals surface area (Å²) < 4.78 is 12.0. The average molecular weight is 652 g/mol. The van der Waals surface area contributed by atoms with E-state index in [-0.39, 0.29) is 37.7 Å². The first-order valence-electron chi connectivity index (χ1n) is 12.1. The van der Waals surface area contributed by atoms with Gasteiger partial charge in [0.05, 0.1) is 15.2 Å². The largest absolute Gasteiger partial charge is 0.480 e. The molecule has 3 N–H and O–H groups in total. The van der Waals surface area contributed by atoms with E-state index in [0.29, 0.717) is 27.8 Å². The zero-order valence-corrected chi connectivity index (χ0v) is 25.1. The molecule has 2 aromatic rings. The number of carboxylic acids is 3. The van der Waals surface area contributed by atoms with Crippen LogP contribution in [0, 0.1) is 5.92 Å². The first-order chi connectivity index (χ1) is 19.8. The number of rotatable bonds is 8.